The molecule has 3 nitrogen and oxygen atoms in total. The summed E-state index contributed by atoms with van der Waals surface area (Å²) < 4.78 is 5.27. The summed E-state index contributed by atoms with van der Waals surface area (Å²) in [6, 6.07) is 0. The number of rotatable bonds is 6. The fourth-order valence-electron chi connectivity index (χ4n) is 0.729. The first-order chi connectivity index (χ1) is 5.56. The van der Waals surface area contributed by atoms with Crippen LogP contribution in [0.2, 0.25) is 0 Å². The Balaban J connectivity index is 3.06. The number of ether oxygens (including phenoxy) is 1. The van der Waals surface area contributed by atoms with Gasteiger partial charge in [-0.15, -0.1) is 0 Å². The molecule has 0 fully saturated rings. The maximum absolute atomic E-state index is 5.27. The zero-order valence-corrected chi connectivity index (χ0v) is 8.39. The van der Waals surface area contributed by atoms with Crippen LogP contribution in [-0.4, -0.2) is 38.6 Å². The van der Waals surface area contributed by atoms with Gasteiger partial charge in [-0.05, 0) is 27.5 Å². The Hall–Kier alpha value is -0.410. The molecule has 1 N–H and O–H groups in total. The van der Waals surface area contributed by atoms with Crippen LogP contribution in [0.3, 0.4) is 0 Å². The fraction of sp³-hybridized carbons (Fsp3) is 0.889. The van der Waals surface area contributed by atoms with Crippen molar-refractivity contribution in [1.82, 2.24) is 5.32 Å². The molecule has 0 aliphatic heterocycles. The summed E-state index contributed by atoms with van der Waals surface area (Å²) in [5.41, 5.74) is 0.181. The van der Waals surface area contributed by atoms with E-state index in [0.717, 1.165) is 13.2 Å². The summed E-state index contributed by atoms with van der Waals surface area (Å²) in [5, 5.41) is 3.33. The van der Waals surface area contributed by atoms with Crippen molar-refractivity contribution in [2.45, 2.75) is 26.3 Å². The van der Waals surface area contributed by atoms with Crippen LogP contribution in [0.15, 0.2) is 4.99 Å². The molecule has 3 heteroatoms. The lowest BCUT2D eigenvalue weighted by Gasteiger charge is -2.20. The van der Waals surface area contributed by atoms with E-state index in [2.05, 4.69) is 37.8 Å². The predicted molar refractivity (Wildman–Crippen MR) is 53.0 cm³/mol. The molecule has 0 aromatic rings. The smallest absolute Gasteiger partial charge is 0.0662 e. The maximum Gasteiger partial charge on any atom is 0.0662 e. The van der Waals surface area contributed by atoms with Gasteiger partial charge in [-0.2, -0.15) is 0 Å². The van der Waals surface area contributed by atoms with Gasteiger partial charge >= 0.3 is 0 Å². The number of hydrogen-bond acceptors (Lipinski definition) is 3. The molecular formula is C9H20N2O. The minimum atomic E-state index is 0.181. The second-order valence-corrected chi connectivity index (χ2v) is 3.74. The summed E-state index contributed by atoms with van der Waals surface area (Å²) in [5.74, 6) is 0. The molecule has 12 heavy (non-hydrogen) atoms. The van der Waals surface area contributed by atoms with Gasteiger partial charge in [-0.1, -0.05) is 0 Å². The van der Waals surface area contributed by atoms with E-state index >= 15 is 0 Å². The average Bonchev–Trinajstić information content (AvgIpc) is 1.94. The van der Waals surface area contributed by atoms with E-state index in [1.807, 2.05) is 0 Å². The molecule has 0 amide bonds. The summed E-state index contributed by atoms with van der Waals surface area (Å²) in [6.07, 6.45) is 0. The molecule has 0 unspecified atom stereocenters. The van der Waals surface area contributed by atoms with E-state index in [-0.39, 0.29) is 5.54 Å². The van der Waals surface area contributed by atoms with Gasteiger partial charge in [0.25, 0.3) is 0 Å². The molecule has 0 spiro atoms. The predicted octanol–water partition coefficient (Wildman–Crippen LogP) is 1.09. The number of aliphatic imine (C=N–C) groups is 1. The van der Waals surface area contributed by atoms with Crippen molar-refractivity contribution in [3.8, 4) is 0 Å². The lowest BCUT2D eigenvalue weighted by atomic mass is 10.1. The molecule has 0 heterocycles. The SMILES string of the molecule is C=NCCOCCNC(C)(C)C. The second-order valence-electron chi connectivity index (χ2n) is 3.74. The quantitative estimate of drug-likeness (QED) is 0.480. The lowest BCUT2D eigenvalue weighted by molar-refractivity contribution is 0.138. The van der Waals surface area contributed by atoms with Crippen molar-refractivity contribution in [2.75, 3.05) is 26.3 Å². The third-order valence-electron chi connectivity index (χ3n) is 1.30. The van der Waals surface area contributed by atoms with E-state index in [0.29, 0.717) is 13.2 Å². The molecule has 0 saturated heterocycles. The Morgan fingerprint density at radius 2 is 2.00 bits per heavy atom. The summed E-state index contributed by atoms with van der Waals surface area (Å²) in [6.45, 7) is 12.8. The Kier molecular flexibility index (Phi) is 5.93. The summed E-state index contributed by atoms with van der Waals surface area (Å²) >= 11 is 0. The molecule has 0 bridgehead atoms. The standard InChI is InChI=1S/C9H20N2O/c1-9(2,3)11-6-8-12-7-5-10-4/h11H,4-8H2,1-3H3. The van der Waals surface area contributed by atoms with Crippen LogP contribution in [0.5, 0.6) is 0 Å². The van der Waals surface area contributed by atoms with E-state index in [9.17, 15) is 0 Å². The molecule has 0 rings (SSSR count). The Labute approximate surface area is 75.2 Å². The molecule has 0 saturated carbocycles. The number of nitrogens with one attached hydrogen (secondary N) is 1. The topological polar surface area (TPSA) is 33.6 Å². The van der Waals surface area contributed by atoms with E-state index in [1.165, 1.54) is 0 Å². The van der Waals surface area contributed by atoms with Gasteiger partial charge in [0, 0.05) is 12.1 Å². The number of hydrogen-bond donors (Lipinski definition) is 1. The van der Waals surface area contributed by atoms with Crippen LogP contribution in [0.4, 0.5) is 0 Å². The van der Waals surface area contributed by atoms with Crippen molar-refractivity contribution in [3.05, 3.63) is 0 Å². The first kappa shape index (κ1) is 11.6. The highest BCUT2D eigenvalue weighted by molar-refractivity contribution is 5.22. The van der Waals surface area contributed by atoms with Crippen molar-refractivity contribution >= 4 is 6.72 Å². The number of nitrogens with zero attached hydrogens (tertiary/aromatic N) is 1. The van der Waals surface area contributed by atoms with Crippen LogP contribution < -0.4 is 5.32 Å². The minimum Gasteiger partial charge on any atom is -0.378 e. The Bertz CT molecular complexity index is 118. The van der Waals surface area contributed by atoms with Crippen molar-refractivity contribution in [3.63, 3.8) is 0 Å². The average molecular weight is 172 g/mol. The van der Waals surface area contributed by atoms with Gasteiger partial charge in [-0.25, -0.2) is 0 Å². The van der Waals surface area contributed by atoms with Crippen molar-refractivity contribution in [2.24, 2.45) is 4.99 Å². The van der Waals surface area contributed by atoms with E-state index in [1.54, 1.807) is 0 Å². The molecule has 0 aromatic heterocycles. The highest BCUT2D eigenvalue weighted by atomic mass is 16.5. The first-order valence-corrected chi connectivity index (χ1v) is 4.31. The molecular weight excluding hydrogens is 152 g/mol. The maximum atomic E-state index is 5.27. The molecule has 72 valence electrons. The van der Waals surface area contributed by atoms with E-state index in [4.69, 9.17) is 4.74 Å². The van der Waals surface area contributed by atoms with Gasteiger partial charge in [0.15, 0.2) is 0 Å². The van der Waals surface area contributed by atoms with Gasteiger partial charge < -0.3 is 10.1 Å². The van der Waals surface area contributed by atoms with Gasteiger partial charge in [0.05, 0.1) is 19.8 Å². The van der Waals surface area contributed by atoms with Gasteiger partial charge in [0.2, 0.25) is 0 Å². The fourth-order valence-corrected chi connectivity index (χ4v) is 0.729. The van der Waals surface area contributed by atoms with Crippen LogP contribution in [0.25, 0.3) is 0 Å². The lowest BCUT2D eigenvalue weighted by Crippen LogP contribution is -2.38. The molecule has 0 aliphatic carbocycles. The molecule has 0 aliphatic rings. The second kappa shape index (κ2) is 6.14. The van der Waals surface area contributed by atoms with Gasteiger partial charge in [0.1, 0.15) is 0 Å². The molecule has 0 atom stereocenters. The summed E-state index contributed by atoms with van der Waals surface area (Å²) in [4.78, 5) is 3.69. The molecule has 0 radical (unpaired) electrons. The monoisotopic (exact) mass is 172 g/mol. The van der Waals surface area contributed by atoms with Crippen molar-refractivity contribution in [1.29, 1.82) is 0 Å². The Morgan fingerprint density at radius 3 is 2.50 bits per heavy atom. The van der Waals surface area contributed by atoms with Crippen LogP contribution >= 0.6 is 0 Å². The third kappa shape index (κ3) is 9.59. The largest absolute Gasteiger partial charge is 0.378 e. The zero-order valence-electron chi connectivity index (χ0n) is 8.39. The highest BCUT2D eigenvalue weighted by Gasteiger charge is 2.06. The first-order valence-electron chi connectivity index (χ1n) is 4.31. The minimum absolute atomic E-state index is 0.181. The molecule has 0 aromatic carbocycles. The van der Waals surface area contributed by atoms with Crippen molar-refractivity contribution < 1.29 is 4.74 Å². The van der Waals surface area contributed by atoms with Crippen LogP contribution in [0, 0.1) is 0 Å². The third-order valence-corrected chi connectivity index (χ3v) is 1.30. The Morgan fingerprint density at radius 1 is 1.33 bits per heavy atom. The normalized spacial score (nSPS) is 11.6. The zero-order chi connectivity index (χ0) is 9.45. The van der Waals surface area contributed by atoms with Crippen LogP contribution in [0.1, 0.15) is 20.8 Å². The van der Waals surface area contributed by atoms with Crippen LogP contribution in [-0.2, 0) is 4.74 Å². The van der Waals surface area contributed by atoms with E-state index < -0.39 is 0 Å². The highest BCUT2D eigenvalue weighted by Crippen LogP contribution is 1.96. The summed E-state index contributed by atoms with van der Waals surface area (Å²) in [7, 11) is 0. The van der Waals surface area contributed by atoms with Gasteiger partial charge in [-0.3, -0.25) is 4.99 Å².